The summed E-state index contributed by atoms with van der Waals surface area (Å²) in [5.74, 6) is -0.702. The molecular formula is C78H151NO10. The minimum Gasteiger partial charge on any atom is -0.394 e. The highest BCUT2D eigenvalue weighted by Gasteiger charge is 2.44. The molecule has 11 nitrogen and oxygen atoms in total. The van der Waals surface area contributed by atoms with Crippen molar-refractivity contribution in [3.8, 4) is 0 Å². The van der Waals surface area contributed by atoms with E-state index in [1.807, 2.05) is 0 Å². The quantitative estimate of drug-likeness (QED) is 0.0215. The zero-order chi connectivity index (χ0) is 64.6. The molecule has 1 aliphatic heterocycles. The van der Waals surface area contributed by atoms with Gasteiger partial charge in [0.15, 0.2) is 6.29 Å². The van der Waals surface area contributed by atoms with Crippen LogP contribution < -0.4 is 5.32 Å². The van der Waals surface area contributed by atoms with Crippen LogP contribution in [0.15, 0.2) is 24.3 Å². The summed E-state index contributed by atoms with van der Waals surface area (Å²) in [4.78, 5) is 13.3. The van der Waals surface area contributed by atoms with E-state index in [0.29, 0.717) is 19.3 Å². The molecule has 528 valence electrons. The van der Waals surface area contributed by atoms with Crippen LogP contribution in [0, 0.1) is 0 Å². The Balaban J connectivity index is 2.15. The molecule has 0 bridgehead atoms. The van der Waals surface area contributed by atoms with Crippen molar-refractivity contribution < 1.29 is 50.0 Å². The van der Waals surface area contributed by atoms with Crippen molar-refractivity contribution in [2.24, 2.45) is 0 Å². The number of aliphatic hydroxyl groups excluding tert-OH is 7. The van der Waals surface area contributed by atoms with E-state index >= 15 is 0 Å². The summed E-state index contributed by atoms with van der Waals surface area (Å²) in [7, 11) is 0. The molecule has 89 heavy (non-hydrogen) atoms. The number of amides is 1. The van der Waals surface area contributed by atoms with Gasteiger partial charge in [0, 0.05) is 0 Å². The molecule has 0 saturated carbocycles. The molecule has 1 fully saturated rings. The van der Waals surface area contributed by atoms with Crippen LogP contribution in [0.5, 0.6) is 0 Å². The van der Waals surface area contributed by atoms with Gasteiger partial charge in [0.25, 0.3) is 0 Å². The van der Waals surface area contributed by atoms with Crippen LogP contribution in [-0.4, -0.2) is 110 Å². The number of carbonyl (C=O) groups is 1. The largest absolute Gasteiger partial charge is 0.394 e. The Morgan fingerprint density at radius 2 is 0.674 bits per heavy atom. The summed E-state index contributed by atoms with van der Waals surface area (Å²) in [6.45, 7) is 3.51. The summed E-state index contributed by atoms with van der Waals surface area (Å²) in [5.41, 5.74) is 0. The Hall–Kier alpha value is -1.41. The molecule has 1 heterocycles. The zero-order valence-corrected chi connectivity index (χ0v) is 58.7. The van der Waals surface area contributed by atoms with Gasteiger partial charge in [-0.2, -0.15) is 0 Å². The van der Waals surface area contributed by atoms with E-state index in [-0.39, 0.29) is 12.8 Å². The van der Waals surface area contributed by atoms with Crippen molar-refractivity contribution in [3.05, 3.63) is 24.3 Å². The van der Waals surface area contributed by atoms with Crippen molar-refractivity contribution >= 4 is 5.91 Å². The molecule has 1 aliphatic rings. The molecule has 8 N–H and O–H groups in total. The Morgan fingerprint density at radius 3 is 1.00 bits per heavy atom. The predicted octanol–water partition coefficient (Wildman–Crippen LogP) is 19.9. The molecule has 0 aromatic heterocycles. The highest BCUT2D eigenvalue weighted by Crippen LogP contribution is 2.24. The summed E-state index contributed by atoms with van der Waals surface area (Å²) in [6.07, 6.45) is 74.4. The van der Waals surface area contributed by atoms with Crippen LogP contribution in [0.1, 0.15) is 399 Å². The van der Waals surface area contributed by atoms with Crippen LogP contribution >= 0.6 is 0 Å². The minimum absolute atomic E-state index is 0.250. The Bertz CT molecular complexity index is 1500. The van der Waals surface area contributed by atoms with Crippen molar-refractivity contribution in [2.75, 3.05) is 13.2 Å². The molecule has 0 spiro atoms. The first-order valence-corrected chi connectivity index (χ1v) is 39.2. The van der Waals surface area contributed by atoms with Gasteiger partial charge in [-0.1, -0.05) is 372 Å². The fourth-order valence-electron chi connectivity index (χ4n) is 13.0. The van der Waals surface area contributed by atoms with Gasteiger partial charge in [-0.3, -0.25) is 4.79 Å². The zero-order valence-electron chi connectivity index (χ0n) is 58.7. The summed E-state index contributed by atoms with van der Waals surface area (Å²) < 4.78 is 11.2. The fraction of sp³-hybridized carbons (Fsp3) is 0.936. The number of hydrogen-bond donors (Lipinski definition) is 8. The lowest BCUT2D eigenvalue weighted by Crippen LogP contribution is -2.60. The maximum absolute atomic E-state index is 13.3. The van der Waals surface area contributed by atoms with Gasteiger partial charge in [-0.05, 0) is 51.4 Å². The second-order valence-electron chi connectivity index (χ2n) is 27.8. The lowest BCUT2D eigenvalue weighted by molar-refractivity contribution is -0.303. The standard InChI is InChI=1S/C78H151NO10/c1-3-5-7-9-11-13-15-17-19-21-23-25-27-29-31-33-34-35-36-37-38-40-42-44-46-48-50-52-54-56-58-60-62-64-66-71(82)77(87)79-69(68-88-78-76(86)75(85)74(84)72(67-80)89-78)73(83)70(81)65-63-61-59-57-55-53-51-49-47-45-43-41-39-32-30-28-26-24-22-20-18-16-14-12-10-8-6-4-2/h49,51,57,59,69-76,78,80-86H,3-48,50,52-56,58,60-68H2,1-2H3,(H,79,87)/b51-49+,59-57+. The highest BCUT2D eigenvalue weighted by molar-refractivity contribution is 5.80. The van der Waals surface area contributed by atoms with Crippen LogP contribution in [0.4, 0.5) is 0 Å². The van der Waals surface area contributed by atoms with Crippen molar-refractivity contribution in [1.82, 2.24) is 5.32 Å². The summed E-state index contributed by atoms with van der Waals surface area (Å²) >= 11 is 0. The molecule has 0 aromatic carbocycles. The van der Waals surface area contributed by atoms with Gasteiger partial charge >= 0.3 is 0 Å². The van der Waals surface area contributed by atoms with Crippen molar-refractivity contribution in [2.45, 2.75) is 454 Å². The van der Waals surface area contributed by atoms with E-state index in [0.717, 1.165) is 38.5 Å². The number of aliphatic hydroxyl groups is 7. The molecule has 11 heteroatoms. The molecule has 1 rings (SSSR count). The summed E-state index contributed by atoms with van der Waals surface area (Å²) in [5, 5.41) is 76.6. The van der Waals surface area contributed by atoms with Gasteiger partial charge in [-0.25, -0.2) is 0 Å². The average Bonchev–Trinajstić information content (AvgIpc) is 3.59. The molecule has 1 saturated heterocycles. The monoisotopic (exact) mass is 1260 g/mol. The second-order valence-corrected chi connectivity index (χ2v) is 27.8. The van der Waals surface area contributed by atoms with Gasteiger partial charge in [-0.15, -0.1) is 0 Å². The van der Waals surface area contributed by atoms with Crippen molar-refractivity contribution in [3.63, 3.8) is 0 Å². The predicted molar refractivity (Wildman–Crippen MR) is 376 cm³/mol. The number of ether oxygens (including phenoxy) is 2. The highest BCUT2D eigenvalue weighted by atomic mass is 16.7. The van der Waals surface area contributed by atoms with Gasteiger partial charge < -0.3 is 50.5 Å². The molecule has 1 amide bonds. The summed E-state index contributed by atoms with van der Waals surface area (Å²) in [6, 6.07) is -1.19. The number of nitrogens with one attached hydrogen (secondary N) is 1. The maximum Gasteiger partial charge on any atom is 0.249 e. The number of carbonyl (C=O) groups excluding carboxylic acids is 1. The third-order valence-electron chi connectivity index (χ3n) is 19.2. The van der Waals surface area contributed by atoms with E-state index in [1.165, 1.54) is 315 Å². The Labute approximate surface area is 550 Å². The SMILES string of the molecule is CCCCCCCCCCCCCCCCCCCCC/C=C/CC/C=C/CCCC(O)C(O)C(COC1OC(CO)C(O)C(O)C1O)NC(=O)C(O)CCCCCCCCCCCCCCCCCCCCCCCCCCCCCCCCCCCC. The van der Waals surface area contributed by atoms with E-state index < -0.39 is 74.2 Å². The lowest BCUT2D eigenvalue weighted by Gasteiger charge is -2.40. The third kappa shape index (κ3) is 53.5. The molecule has 0 radical (unpaired) electrons. The van der Waals surface area contributed by atoms with E-state index in [4.69, 9.17) is 9.47 Å². The molecule has 0 aliphatic carbocycles. The topological polar surface area (TPSA) is 189 Å². The smallest absolute Gasteiger partial charge is 0.249 e. The Kier molecular flexibility index (Phi) is 64.1. The average molecular weight is 1260 g/mol. The minimum atomic E-state index is -1.67. The van der Waals surface area contributed by atoms with Crippen LogP contribution in [-0.2, 0) is 14.3 Å². The first-order chi connectivity index (χ1) is 43.7. The second kappa shape index (κ2) is 66.6. The van der Waals surface area contributed by atoms with Gasteiger partial charge in [0.1, 0.15) is 36.6 Å². The van der Waals surface area contributed by atoms with Crippen LogP contribution in [0.3, 0.4) is 0 Å². The first-order valence-electron chi connectivity index (χ1n) is 39.2. The van der Waals surface area contributed by atoms with Gasteiger partial charge in [0.2, 0.25) is 5.91 Å². The van der Waals surface area contributed by atoms with E-state index in [1.54, 1.807) is 0 Å². The maximum atomic E-state index is 13.3. The van der Waals surface area contributed by atoms with Crippen LogP contribution in [0.2, 0.25) is 0 Å². The number of unbranched alkanes of at least 4 members (excludes halogenated alkanes) is 54. The molecule has 0 aromatic rings. The normalized spacial score (nSPS) is 18.6. The number of hydrogen-bond acceptors (Lipinski definition) is 10. The number of allylic oxidation sites excluding steroid dienone is 4. The molecule has 9 unspecified atom stereocenters. The first kappa shape index (κ1) is 85.6. The van der Waals surface area contributed by atoms with Crippen molar-refractivity contribution in [1.29, 1.82) is 0 Å². The van der Waals surface area contributed by atoms with Crippen LogP contribution in [0.25, 0.3) is 0 Å². The van der Waals surface area contributed by atoms with Gasteiger partial charge in [0.05, 0.1) is 25.4 Å². The Morgan fingerprint density at radius 1 is 0.382 bits per heavy atom. The van der Waals surface area contributed by atoms with E-state index in [9.17, 15) is 40.5 Å². The number of rotatable bonds is 70. The van der Waals surface area contributed by atoms with E-state index in [2.05, 4.69) is 43.5 Å². The lowest BCUT2D eigenvalue weighted by atomic mass is 9.98. The fourth-order valence-corrected chi connectivity index (χ4v) is 13.0. The molecular weight excluding hydrogens is 1110 g/mol. The third-order valence-corrected chi connectivity index (χ3v) is 19.2. The molecule has 9 atom stereocenters.